The van der Waals surface area contributed by atoms with Gasteiger partial charge in [0.15, 0.2) is 0 Å². The third kappa shape index (κ3) is 2.59. The molecule has 0 radical (unpaired) electrons. The molecule has 0 nitrogen and oxygen atoms in total. The lowest BCUT2D eigenvalue weighted by Gasteiger charge is -2.03. The Morgan fingerprint density at radius 1 is 1.42 bits per heavy atom. The van der Waals surface area contributed by atoms with Crippen LogP contribution in [0.3, 0.4) is 0 Å². The molecular formula is C10H12BrF. The molecule has 1 rings (SSSR count). The number of rotatable bonds is 3. The SMILES string of the molecule is Cc1ccc(CCCF)c(Br)c1. The van der Waals surface area contributed by atoms with Gasteiger partial charge in [0, 0.05) is 4.47 Å². The largest absolute Gasteiger partial charge is 0.251 e. The Balaban J connectivity index is 2.72. The molecule has 1 aromatic carbocycles. The van der Waals surface area contributed by atoms with E-state index in [1.807, 2.05) is 6.92 Å². The molecule has 0 aromatic heterocycles. The summed E-state index contributed by atoms with van der Waals surface area (Å²) in [6.07, 6.45) is 1.43. The van der Waals surface area contributed by atoms with Crippen molar-refractivity contribution in [3.63, 3.8) is 0 Å². The van der Waals surface area contributed by atoms with E-state index in [0.29, 0.717) is 6.42 Å². The van der Waals surface area contributed by atoms with Crippen LogP contribution >= 0.6 is 15.9 Å². The number of alkyl halides is 1. The van der Waals surface area contributed by atoms with Crippen LogP contribution in [0.25, 0.3) is 0 Å². The molecule has 0 saturated heterocycles. The lowest BCUT2D eigenvalue weighted by molar-refractivity contribution is 0.473. The molecule has 0 aliphatic heterocycles. The normalized spacial score (nSPS) is 10.2. The van der Waals surface area contributed by atoms with Gasteiger partial charge < -0.3 is 0 Å². The van der Waals surface area contributed by atoms with E-state index in [0.717, 1.165) is 10.9 Å². The summed E-state index contributed by atoms with van der Waals surface area (Å²) in [5.74, 6) is 0. The molecule has 2 heteroatoms. The van der Waals surface area contributed by atoms with Gasteiger partial charge in [0.2, 0.25) is 0 Å². The van der Waals surface area contributed by atoms with Crippen molar-refractivity contribution < 1.29 is 4.39 Å². The average molecular weight is 231 g/mol. The van der Waals surface area contributed by atoms with E-state index in [9.17, 15) is 4.39 Å². The Morgan fingerprint density at radius 3 is 2.75 bits per heavy atom. The summed E-state index contributed by atoms with van der Waals surface area (Å²) < 4.78 is 13.0. The van der Waals surface area contributed by atoms with Gasteiger partial charge in [-0.15, -0.1) is 0 Å². The van der Waals surface area contributed by atoms with E-state index in [1.54, 1.807) is 0 Å². The maximum atomic E-state index is 11.9. The fraction of sp³-hybridized carbons (Fsp3) is 0.400. The Labute approximate surface area is 80.9 Å². The quantitative estimate of drug-likeness (QED) is 0.744. The second-order valence-corrected chi connectivity index (χ2v) is 3.74. The van der Waals surface area contributed by atoms with Crippen LogP contribution in [0.15, 0.2) is 22.7 Å². The van der Waals surface area contributed by atoms with Gasteiger partial charge in [-0.25, -0.2) is 0 Å². The molecule has 0 bridgehead atoms. The molecule has 0 unspecified atom stereocenters. The first-order valence-electron chi connectivity index (χ1n) is 4.05. The second kappa shape index (κ2) is 4.61. The van der Waals surface area contributed by atoms with E-state index in [4.69, 9.17) is 0 Å². The number of halogens is 2. The third-order valence-corrected chi connectivity index (χ3v) is 2.53. The lowest BCUT2D eigenvalue weighted by Crippen LogP contribution is -1.88. The molecule has 0 fully saturated rings. The lowest BCUT2D eigenvalue weighted by atomic mass is 10.1. The van der Waals surface area contributed by atoms with Gasteiger partial charge in [-0.3, -0.25) is 4.39 Å². The summed E-state index contributed by atoms with van der Waals surface area (Å²) >= 11 is 3.45. The third-order valence-electron chi connectivity index (χ3n) is 1.79. The van der Waals surface area contributed by atoms with E-state index < -0.39 is 0 Å². The highest BCUT2D eigenvalue weighted by Crippen LogP contribution is 2.19. The fourth-order valence-corrected chi connectivity index (χ4v) is 1.80. The zero-order chi connectivity index (χ0) is 8.97. The molecule has 12 heavy (non-hydrogen) atoms. The van der Waals surface area contributed by atoms with Crippen molar-refractivity contribution in [1.29, 1.82) is 0 Å². The van der Waals surface area contributed by atoms with Crippen molar-refractivity contribution in [3.8, 4) is 0 Å². The topological polar surface area (TPSA) is 0 Å². The maximum Gasteiger partial charge on any atom is 0.0897 e. The molecule has 1 aromatic rings. The van der Waals surface area contributed by atoms with Gasteiger partial charge in [-0.2, -0.15) is 0 Å². The molecule has 66 valence electrons. The van der Waals surface area contributed by atoms with Gasteiger partial charge in [-0.05, 0) is 37.0 Å². The summed E-state index contributed by atoms with van der Waals surface area (Å²) in [6.45, 7) is 1.81. The molecule has 0 saturated carbocycles. The summed E-state index contributed by atoms with van der Waals surface area (Å²) in [4.78, 5) is 0. The second-order valence-electron chi connectivity index (χ2n) is 2.89. The maximum absolute atomic E-state index is 11.9. The van der Waals surface area contributed by atoms with E-state index in [2.05, 4.69) is 34.1 Å². The predicted octanol–water partition coefficient (Wildman–Crippen LogP) is 3.66. The van der Waals surface area contributed by atoms with E-state index >= 15 is 0 Å². The van der Waals surface area contributed by atoms with Crippen molar-refractivity contribution in [1.82, 2.24) is 0 Å². The first kappa shape index (κ1) is 9.72. The Morgan fingerprint density at radius 2 is 2.17 bits per heavy atom. The first-order valence-corrected chi connectivity index (χ1v) is 4.84. The first-order chi connectivity index (χ1) is 5.74. The number of hydrogen-bond acceptors (Lipinski definition) is 0. The zero-order valence-electron chi connectivity index (χ0n) is 7.11. The minimum Gasteiger partial charge on any atom is -0.251 e. The number of hydrogen-bond donors (Lipinski definition) is 0. The molecule has 0 heterocycles. The summed E-state index contributed by atoms with van der Waals surface area (Å²) in [5.41, 5.74) is 2.42. The molecule has 0 aliphatic carbocycles. The molecule has 0 spiro atoms. The summed E-state index contributed by atoms with van der Waals surface area (Å²) in [5, 5.41) is 0. The van der Waals surface area contributed by atoms with Crippen molar-refractivity contribution in [2.45, 2.75) is 19.8 Å². The highest BCUT2D eigenvalue weighted by molar-refractivity contribution is 9.10. The highest BCUT2D eigenvalue weighted by atomic mass is 79.9. The average Bonchev–Trinajstić information content (AvgIpc) is 2.03. The van der Waals surface area contributed by atoms with Crippen LogP contribution in [0.5, 0.6) is 0 Å². The van der Waals surface area contributed by atoms with Crippen LogP contribution in [0.1, 0.15) is 17.5 Å². The van der Waals surface area contributed by atoms with Crippen LogP contribution in [0.2, 0.25) is 0 Å². The van der Waals surface area contributed by atoms with E-state index in [1.165, 1.54) is 11.1 Å². The van der Waals surface area contributed by atoms with Gasteiger partial charge in [-0.1, -0.05) is 28.1 Å². The van der Waals surface area contributed by atoms with E-state index in [-0.39, 0.29) is 6.67 Å². The Hall–Kier alpha value is -0.370. The molecule has 0 aliphatic rings. The van der Waals surface area contributed by atoms with Gasteiger partial charge in [0.05, 0.1) is 6.67 Å². The van der Waals surface area contributed by atoms with Crippen LogP contribution in [0.4, 0.5) is 4.39 Å². The number of benzene rings is 1. The monoisotopic (exact) mass is 230 g/mol. The Bertz CT molecular complexity index is 258. The van der Waals surface area contributed by atoms with Crippen LogP contribution in [0, 0.1) is 6.92 Å². The standard InChI is InChI=1S/C10H12BrF/c1-8-4-5-9(3-2-6-12)10(11)7-8/h4-5,7H,2-3,6H2,1H3. The molecule has 0 N–H and O–H groups in total. The smallest absolute Gasteiger partial charge is 0.0897 e. The van der Waals surface area contributed by atoms with Crippen LogP contribution in [-0.2, 0) is 6.42 Å². The highest BCUT2D eigenvalue weighted by Gasteiger charge is 1.98. The minimum absolute atomic E-state index is 0.236. The van der Waals surface area contributed by atoms with Crippen molar-refractivity contribution in [2.75, 3.05) is 6.67 Å². The summed E-state index contributed by atoms with van der Waals surface area (Å²) in [6, 6.07) is 6.17. The van der Waals surface area contributed by atoms with Crippen LogP contribution in [-0.4, -0.2) is 6.67 Å². The fourth-order valence-electron chi connectivity index (χ4n) is 1.11. The van der Waals surface area contributed by atoms with Gasteiger partial charge in [0.1, 0.15) is 0 Å². The summed E-state index contributed by atoms with van der Waals surface area (Å²) in [7, 11) is 0. The van der Waals surface area contributed by atoms with Crippen molar-refractivity contribution in [2.24, 2.45) is 0 Å². The number of aryl methyl sites for hydroxylation is 2. The van der Waals surface area contributed by atoms with Crippen molar-refractivity contribution >= 4 is 15.9 Å². The van der Waals surface area contributed by atoms with Crippen molar-refractivity contribution in [3.05, 3.63) is 33.8 Å². The van der Waals surface area contributed by atoms with Gasteiger partial charge in [0.25, 0.3) is 0 Å². The molecular weight excluding hydrogens is 219 g/mol. The molecule has 0 atom stereocenters. The van der Waals surface area contributed by atoms with Crippen LogP contribution < -0.4 is 0 Å². The Kier molecular flexibility index (Phi) is 3.73. The molecule has 0 amide bonds. The van der Waals surface area contributed by atoms with Gasteiger partial charge >= 0.3 is 0 Å². The minimum atomic E-state index is -0.236. The predicted molar refractivity (Wildman–Crippen MR) is 53.2 cm³/mol. The zero-order valence-corrected chi connectivity index (χ0v) is 8.70.